The van der Waals surface area contributed by atoms with Gasteiger partial charge in [0.1, 0.15) is 11.5 Å². The molecule has 0 radical (unpaired) electrons. The van der Waals surface area contributed by atoms with Gasteiger partial charge >= 0.3 is 6.03 Å². The largest absolute Gasteiger partial charge is 0.336 e. The minimum absolute atomic E-state index is 0.00540. The molecule has 2 heterocycles. The highest BCUT2D eigenvalue weighted by atomic mass is 35.5. The van der Waals surface area contributed by atoms with Crippen LogP contribution in [0.2, 0.25) is 10.0 Å². The van der Waals surface area contributed by atoms with E-state index in [2.05, 4.69) is 20.7 Å². The molecule has 30 heavy (non-hydrogen) atoms. The second-order valence-corrected chi connectivity index (χ2v) is 7.39. The highest BCUT2D eigenvalue weighted by Crippen LogP contribution is 2.29. The number of carbonyl (C=O) groups is 2. The summed E-state index contributed by atoms with van der Waals surface area (Å²) in [5, 5.41) is 10.7. The predicted molar refractivity (Wildman–Crippen MR) is 116 cm³/mol. The maximum atomic E-state index is 12.7. The Morgan fingerprint density at radius 3 is 2.47 bits per heavy atom. The van der Waals surface area contributed by atoms with Crippen LogP contribution in [-0.4, -0.2) is 39.8 Å². The molecule has 2 N–H and O–H groups in total. The smallest absolute Gasteiger partial charge is 0.321 e. The summed E-state index contributed by atoms with van der Waals surface area (Å²) in [5.74, 6) is 0.106. The number of nitrogens with one attached hydrogen (secondary N) is 2. The van der Waals surface area contributed by atoms with E-state index in [9.17, 15) is 9.59 Å². The summed E-state index contributed by atoms with van der Waals surface area (Å²) in [6, 6.07) is 12.0. The van der Waals surface area contributed by atoms with Crippen molar-refractivity contribution in [2.24, 2.45) is 0 Å². The summed E-state index contributed by atoms with van der Waals surface area (Å²) in [6.45, 7) is 3.12. The lowest BCUT2D eigenvalue weighted by Gasteiger charge is -2.14. The molecule has 10 heteroatoms. The Kier molecular flexibility index (Phi) is 5.61. The van der Waals surface area contributed by atoms with Gasteiger partial charge in [0, 0.05) is 30.9 Å². The van der Waals surface area contributed by atoms with Crippen molar-refractivity contribution in [3.8, 4) is 5.69 Å². The Bertz CT molecular complexity index is 1090. The standard InChI is InChI=1S/C20H18Cl2N6O2/c1-2-16-25-18(26-28(16)17-14(21)4-3-5-15(17)22)19(29)24-12-6-8-13(9-7-12)27-11-10-23-20(27)30/h3-9H,2,10-11H2,1H3,(H,23,30)(H,24,29). The molecule has 1 saturated heterocycles. The second kappa shape index (κ2) is 8.33. The molecule has 154 valence electrons. The summed E-state index contributed by atoms with van der Waals surface area (Å²) < 4.78 is 1.49. The van der Waals surface area contributed by atoms with Crippen LogP contribution in [0.25, 0.3) is 5.69 Å². The molecule has 0 bridgehead atoms. The van der Waals surface area contributed by atoms with E-state index in [4.69, 9.17) is 23.2 Å². The van der Waals surface area contributed by atoms with E-state index >= 15 is 0 Å². The number of halogens is 2. The number of benzene rings is 2. The van der Waals surface area contributed by atoms with Crippen molar-refractivity contribution in [1.29, 1.82) is 0 Å². The Hall–Kier alpha value is -3.10. The Balaban J connectivity index is 1.55. The van der Waals surface area contributed by atoms with Crippen LogP contribution in [0.15, 0.2) is 42.5 Å². The van der Waals surface area contributed by atoms with E-state index < -0.39 is 5.91 Å². The third-order valence-corrected chi connectivity index (χ3v) is 5.25. The zero-order valence-electron chi connectivity index (χ0n) is 16.0. The van der Waals surface area contributed by atoms with Crippen LogP contribution in [0.5, 0.6) is 0 Å². The number of para-hydroxylation sites is 1. The van der Waals surface area contributed by atoms with Crippen molar-refractivity contribution in [3.05, 3.63) is 64.2 Å². The van der Waals surface area contributed by atoms with E-state index in [0.717, 1.165) is 5.69 Å². The van der Waals surface area contributed by atoms with Crippen molar-refractivity contribution in [2.75, 3.05) is 23.3 Å². The maximum absolute atomic E-state index is 12.7. The van der Waals surface area contributed by atoms with E-state index in [1.165, 1.54) is 4.68 Å². The van der Waals surface area contributed by atoms with Crippen molar-refractivity contribution in [3.63, 3.8) is 0 Å². The fourth-order valence-corrected chi connectivity index (χ4v) is 3.73. The molecule has 0 atom stereocenters. The van der Waals surface area contributed by atoms with E-state index in [0.29, 0.717) is 46.8 Å². The average molecular weight is 445 g/mol. The third-order valence-electron chi connectivity index (χ3n) is 4.64. The molecule has 1 aliphatic rings. The van der Waals surface area contributed by atoms with Gasteiger partial charge in [0.25, 0.3) is 5.91 Å². The molecule has 1 aliphatic heterocycles. The summed E-state index contributed by atoms with van der Waals surface area (Å²) >= 11 is 12.6. The van der Waals surface area contributed by atoms with Gasteiger partial charge in [-0.1, -0.05) is 36.2 Å². The number of rotatable bonds is 5. The van der Waals surface area contributed by atoms with Gasteiger partial charge in [0.15, 0.2) is 0 Å². The molecule has 1 fully saturated rings. The summed E-state index contributed by atoms with van der Waals surface area (Å²) in [5.41, 5.74) is 1.80. The first-order valence-electron chi connectivity index (χ1n) is 9.35. The number of hydrogen-bond acceptors (Lipinski definition) is 4. The highest BCUT2D eigenvalue weighted by Gasteiger charge is 2.22. The van der Waals surface area contributed by atoms with Crippen LogP contribution in [0.3, 0.4) is 0 Å². The summed E-state index contributed by atoms with van der Waals surface area (Å²) in [7, 11) is 0. The minimum atomic E-state index is -0.460. The molecule has 3 amide bonds. The maximum Gasteiger partial charge on any atom is 0.321 e. The first kappa shape index (κ1) is 20.2. The monoisotopic (exact) mass is 444 g/mol. The molecule has 2 aromatic carbocycles. The Labute approximate surface area is 182 Å². The van der Waals surface area contributed by atoms with Crippen molar-refractivity contribution in [1.82, 2.24) is 20.1 Å². The van der Waals surface area contributed by atoms with E-state index in [1.54, 1.807) is 47.4 Å². The normalized spacial score (nSPS) is 13.4. The Morgan fingerprint density at radius 2 is 1.87 bits per heavy atom. The molecule has 1 aromatic heterocycles. The van der Waals surface area contributed by atoms with Crippen LogP contribution in [0.4, 0.5) is 16.2 Å². The van der Waals surface area contributed by atoms with Gasteiger partial charge in [-0.25, -0.2) is 14.5 Å². The summed E-state index contributed by atoms with van der Waals surface area (Å²) in [4.78, 5) is 30.4. The zero-order chi connectivity index (χ0) is 21.3. The van der Waals surface area contributed by atoms with Gasteiger partial charge in [-0.3, -0.25) is 9.69 Å². The molecule has 0 aliphatic carbocycles. The lowest BCUT2D eigenvalue weighted by atomic mass is 10.2. The quantitative estimate of drug-likeness (QED) is 0.623. The zero-order valence-corrected chi connectivity index (χ0v) is 17.5. The number of aryl methyl sites for hydroxylation is 1. The van der Waals surface area contributed by atoms with Gasteiger partial charge in [-0.2, -0.15) is 0 Å². The first-order valence-corrected chi connectivity index (χ1v) is 10.1. The van der Waals surface area contributed by atoms with Crippen LogP contribution in [-0.2, 0) is 6.42 Å². The van der Waals surface area contributed by atoms with Crippen LogP contribution in [0.1, 0.15) is 23.4 Å². The van der Waals surface area contributed by atoms with Crippen molar-refractivity contribution in [2.45, 2.75) is 13.3 Å². The number of amides is 3. The van der Waals surface area contributed by atoms with Crippen LogP contribution < -0.4 is 15.5 Å². The molecule has 4 rings (SSSR count). The molecule has 3 aromatic rings. The number of nitrogens with zero attached hydrogens (tertiary/aromatic N) is 4. The van der Waals surface area contributed by atoms with E-state index in [1.807, 2.05) is 6.92 Å². The van der Waals surface area contributed by atoms with Crippen LogP contribution >= 0.6 is 23.2 Å². The number of hydrogen-bond donors (Lipinski definition) is 2. The van der Waals surface area contributed by atoms with Crippen molar-refractivity contribution >= 4 is 46.5 Å². The first-order chi connectivity index (χ1) is 14.5. The fourth-order valence-electron chi connectivity index (χ4n) is 3.17. The fraction of sp³-hybridized carbons (Fsp3) is 0.200. The van der Waals surface area contributed by atoms with E-state index in [-0.39, 0.29) is 11.9 Å². The predicted octanol–water partition coefficient (Wildman–Crippen LogP) is 3.92. The molecular formula is C20H18Cl2N6O2. The van der Waals surface area contributed by atoms with Gasteiger partial charge < -0.3 is 10.6 Å². The lowest BCUT2D eigenvalue weighted by molar-refractivity contribution is 0.101. The van der Waals surface area contributed by atoms with Gasteiger partial charge in [-0.05, 0) is 36.4 Å². The number of anilines is 2. The minimum Gasteiger partial charge on any atom is -0.336 e. The average Bonchev–Trinajstić information content (AvgIpc) is 3.35. The molecular weight excluding hydrogens is 427 g/mol. The molecule has 0 spiro atoms. The van der Waals surface area contributed by atoms with Crippen molar-refractivity contribution < 1.29 is 9.59 Å². The van der Waals surface area contributed by atoms with Gasteiger partial charge in [-0.15, -0.1) is 5.10 Å². The van der Waals surface area contributed by atoms with Gasteiger partial charge in [0.2, 0.25) is 5.82 Å². The van der Waals surface area contributed by atoms with Gasteiger partial charge in [0.05, 0.1) is 10.0 Å². The summed E-state index contributed by atoms with van der Waals surface area (Å²) in [6.07, 6.45) is 0.536. The number of aromatic nitrogens is 3. The highest BCUT2D eigenvalue weighted by molar-refractivity contribution is 6.37. The SMILES string of the molecule is CCc1nc(C(=O)Nc2ccc(N3CCNC3=O)cc2)nn1-c1c(Cl)cccc1Cl. The third kappa shape index (κ3) is 3.83. The number of urea groups is 1. The lowest BCUT2D eigenvalue weighted by Crippen LogP contribution is -2.27. The molecule has 8 nitrogen and oxygen atoms in total. The molecule has 0 unspecified atom stereocenters. The Morgan fingerprint density at radius 1 is 1.17 bits per heavy atom. The molecule has 0 saturated carbocycles. The second-order valence-electron chi connectivity index (χ2n) is 6.57. The number of carbonyl (C=O) groups excluding carboxylic acids is 2. The topological polar surface area (TPSA) is 92.2 Å². The van der Waals surface area contributed by atoms with Crippen LogP contribution in [0, 0.1) is 0 Å².